The number of fused-ring (bicyclic) bond motifs is 9. The molecular weight excluding hydrogens is 789 g/mol. The van der Waals surface area contributed by atoms with Crippen molar-refractivity contribution in [1.82, 2.24) is 20.9 Å². The van der Waals surface area contributed by atoms with E-state index in [1.165, 1.54) is 5.56 Å². The highest BCUT2D eigenvalue weighted by molar-refractivity contribution is 5.85. The zero-order valence-electron chi connectivity index (χ0n) is 36.2. The van der Waals surface area contributed by atoms with Crippen molar-refractivity contribution < 1.29 is 44.5 Å². The molecule has 0 spiro atoms. The molecule has 3 aliphatic rings. The molecule has 5 atom stereocenters. The molecule has 62 heavy (non-hydrogen) atoms. The highest BCUT2D eigenvalue weighted by Gasteiger charge is 2.50. The Morgan fingerprint density at radius 3 is 2.61 bits per heavy atom. The van der Waals surface area contributed by atoms with Gasteiger partial charge in [0.1, 0.15) is 35.6 Å². The predicted molar refractivity (Wildman–Crippen MR) is 238 cm³/mol. The van der Waals surface area contributed by atoms with Crippen molar-refractivity contribution in [2.75, 3.05) is 53.4 Å². The average Bonchev–Trinajstić information content (AvgIpc) is 3.73. The van der Waals surface area contributed by atoms with Gasteiger partial charge in [0.25, 0.3) is 0 Å². The summed E-state index contributed by atoms with van der Waals surface area (Å²) < 4.78 is 26.9. The Hall–Kier alpha value is -4.86. The van der Waals surface area contributed by atoms with Crippen molar-refractivity contribution in [3.8, 4) is 39.9 Å². The molecule has 5 aromatic rings. The summed E-state index contributed by atoms with van der Waals surface area (Å²) in [6.45, 7) is 7.04. The van der Waals surface area contributed by atoms with Crippen LogP contribution in [0, 0.1) is 5.92 Å². The van der Waals surface area contributed by atoms with Crippen molar-refractivity contribution >= 4 is 10.9 Å². The minimum Gasteiger partial charge on any atom is -0.508 e. The SMILES string of the molecule is CNCO[C@]1(CNCNC[C@@](C)(O)CC(C)C)Cc2c3c(c4c(c2O[C@@H]1c1ccc(O)c(OCCO)c1)CC[C@H](CO)O4)-c1ccc(O)cc1[C@@H](Cc1ccc2[nH]ccc2c1)C3. The van der Waals surface area contributed by atoms with Gasteiger partial charge in [-0.2, -0.15) is 0 Å². The Balaban J connectivity index is 1.26. The van der Waals surface area contributed by atoms with Gasteiger partial charge in [0.05, 0.1) is 25.5 Å². The molecule has 0 amide bonds. The summed E-state index contributed by atoms with van der Waals surface area (Å²) in [4.78, 5) is 3.30. The molecule has 2 aliphatic heterocycles. The Morgan fingerprint density at radius 1 is 0.968 bits per heavy atom. The van der Waals surface area contributed by atoms with Gasteiger partial charge >= 0.3 is 0 Å². The van der Waals surface area contributed by atoms with Gasteiger partial charge in [0.15, 0.2) is 17.6 Å². The molecule has 9 N–H and O–H groups in total. The summed E-state index contributed by atoms with van der Waals surface area (Å²) >= 11 is 0. The number of aliphatic hydroxyl groups is 3. The summed E-state index contributed by atoms with van der Waals surface area (Å²) in [6.07, 6.45) is 4.51. The summed E-state index contributed by atoms with van der Waals surface area (Å²) in [5, 5.41) is 64.2. The maximum absolute atomic E-state index is 11.1. The van der Waals surface area contributed by atoms with E-state index in [9.17, 15) is 25.5 Å². The van der Waals surface area contributed by atoms with Crippen LogP contribution in [0.25, 0.3) is 22.0 Å². The van der Waals surface area contributed by atoms with E-state index < -0.39 is 23.4 Å². The minimum atomic E-state index is -1.03. The maximum atomic E-state index is 11.1. The van der Waals surface area contributed by atoms with Crippen LogP contribution in [0.4, 0.5) is 0 Å². The van der Waals surface area contributed by atoms with E-state index in [4.69, 9.17) is 18.9 Å². The number of phenols is 2. The third-order valence-corrected chi connectivity index (χ3v) is 12.6. The highest BCUT2D eigenvalue weighted by atomic mass is 16.6. The fourth-order valence-corrected chi connectivity index (χ4v) is 10.0. The largest absolute Gasteiger partial charge is 0.508 e. The molecule has 13 heteroatoms. The van der Waals surface area contributed by atoms with Gasteiger partial charge in [-0.1, -0.05) is 32.0 Å². The van der Waals surface area contributed by atoms with E-state index in [1.807, 2.05) is 38.4 Å². The van der Waals surface area contributed by atoms with E-state index in [0.717, 1.165) is 56.5 Å². The number of aromatic nitrogens is 1. The van der Waals surface area contributed by atoms with Gasteiger partial charge in [0.2, 0.25) is 0 Å². The summed E-state index contributed by atoms with van der Waals surface area (Å²) in [6, 6.07) is 19.4. The summed E-state index contributed by atoms with van der Waals surface area (Å²) in [7, 11) is 1.84. The van der Waals surface area contributed by atoms with Gasteiger partial charge < -0.3 is 60.1 Å². The Labute approximate surface area is 363 Å². The predicted octanol–water partition coefficient (Wildman–Crippen LogP) is 5.73. The number of aromatic amines is 1. The normalized spacial score (nSPS) is 21.3. The van der Waals surface area contributed by atoms with E-state index >= 15 is 0 Å². The molecule has 1 aromatic heterocycles. The van der Waals surface area contributed by atoms with E-state index in [2.05, 4.69) is 59.0 Å². The average molecular weight is 851 g/mol. The van der Waals surface area contributed by atoms with E-state index in [0.29, 0.717) is 69.1 Å². The van der Waals surface area contributed by atoms with Crippen LogP contribution >= 0.6 is 0 Å². The second-order valence-electron chi connectivity index (χ2n) is 18.0. The van der Waals surface area contributed by atoms with Gasteiger partial charge in [-0.3, -0.25) is 5.32 Å². The first-order valence-electron chi connectivity index (χ1n) is 22.0. The second-order valence-corrected chi connectivity index (χ2v) is 18.0. The fraction of sp³-hybridized carbons (Fsp3) is 0.469. The molecule has 0 saturated heterocycles. The van der Waals surface area contributed by atoms with E-state index in [1.54, 1.807) is 18.2 Å². The Bertz CT molecular complexity index is 2360. The molecular formula is C49H62N4O9. The third-order valence-electron chi connectivity index (χ3n) is 12.6. The Kier molecular flexibility index (Phi) is 13.0. The van der Waals surface area contributed by atoms with Crippen LogP contribution in [0.1, 0.15) is 79.0 Å². The number of hydrogen-bond donors (Lipinski definition) is 9. The second kappa shape index (κ2) is 18.5. The van der Waals surface area contributed by atoms with Crippen LogP contribution in [0.15, 0.2) is 66.9 Å². The fourth-order valence-electron chi connectivity index (χ4n) is 10.0. The summed E-state index contributed by atoms with van der Waals surface area (Å²) in [5.74, 6) is 2.12. The molecule has 0 radical (unpaired) electrons. The van der Waals surface area contributed by atoms with Crippen LogP contribution in [0.5, 0.6) is 28.7 Å². The van der Waals surface area contributed by atoms with E-state index in [-0.39, 0.29) is 49.7 Å². The Morgan fingerprint density at radius 2 is 1.82 bits per heavy atom. The maximum Gasteiger partial charge on any atom is 0.161 e. The first-order valence-corrected chi connectivity index (χ1v) is 22.0. The number of benzene rings is 4. The van der Waals surface area contributed by atoms with Crippen molar-refractivity contribution in [2.45, 2.75) is 88.6 Å². The van der Waals surface area contributed by atoms with Crippen molar-refractivity contribution in [3.05, 3.63) is 100 Å². The van der Waals surface area contributed by atoms with Crippen LogP contribution in [0.2, 0.25) is 0 Å². The van der Waals surface area contributed by atoms with Gasteiger partial charge in [0, 0.05) is 54.6 Å². The van der Waals surface area contributed by atoms with Crippen LogP contribution < -0.4 is 30.2 Å². The quantitative estimate of drug-likeness (QED) is 0.0386. The number of aliphatic hydroxyl groups excluding tert-OH is 2. The van der Waals surface area contributed by atoms with Gasteiger partial charge in [-0.25, -0.2) is 0 Å². The number of rotatable bonds is 18. The lowest BCUT2D eigenvalue weighted by atomic mass is 9.70. The standard InChI is InChI=1S/C49H62N4O9/c1-29(2)22-48(3,58)25-51-27-52-26-49(60-28-50-4)23-40-39-19-33(18-30-5-11-41-31(17-30)13-14-53-41)38-21-34(56)7-9-36(38)44(39)46-37(10-8-35(24-55)61-46)45(40)62-47(49)32-6-12-42(57)43(20-32)59-16-15-54/h5-7,9,11-14,17,20-21,29,33,35,47,50-58H,8,10,15-16,18-19,22-28H2,1-4H3/t33-,35+,47+,48-,49-/m0/s1. The van der Waals surface area contributed by atoms with Crippen LogP contribution in [-0.2, 0) is 30.4 Å². The number of ether oxygens (including phenoxy) is 4. The van der Waals surface area contributed by atoms with Gasteiger partial charge in [-0.15, -0.1) is 0 Å². The number of H-pyrrole nitrogens is 1. The van der Waals surface area contributed by atoms with Gasteiger partial charge in [-0.05, 0) is 134 Å². The first kappa shape index (κ1) is 43.8. The zero-order chi connectivity index (χ0) is 43.6. The molecule has 3 heterocycles. The lowest BCUT2D eigenvalue weighted by Crippen LogP contribution is -2.56. The molecule has 0 saturated carbocycles. The summed E-state index contributed by atoms with van der Waals surface area (Å²) in [5.41, 5.74) is 7.06. The van der Waals surface area contributed by atoms with Crippen LogP contribution in [-0.4, -0.2) is 101 Å². The van der Waals surface area contributed by atoms with Crippen LogP contribution in [0.3, 0.4) is 0 Å². The molecule has 1 aliphatic carbocycles. The molecule has 0 unspecified atom stereocenters. The third kappa shape index (κ3) is 8.98. The van der Waals surface area contributed by atoms with Crippen molar-refractivity contribution in [1.29, 1.82) is 0 Å². The molecule has 0 bridgehead atoms. The monoisotopic (exact) mass is 850 g/mol. The van der Waals surface area contributed by atoms with Crippen molar-refractivity contribution in [2.24, 2.45) is 5.92 Å². The molecule has 8 rings (SSSR count). The zero-order valence-corrected chi connectivity index (χ0v) is 36.2. The van der Waals surface area contributed by atoms with Crippen molar-refractivity contribution in [3.63, 3.8) is 0 Å². The number of aromatic hydroxyl groups is 2. The highest BCUT2D eigenvalue weighted by Crippen LogP contribution is 2.57. The molecule has 13 nitrogen and oxygen atoms in total. The molecule has 332 valence electrons. The molecule has 4 aromatic carbocycles. The first-order chi connectivity index (χ1) is 29.9. The number of phenolic OH excluding ortho intramolecular Hbond substituents is 2. The molecule has 0 fully saturated rings. The topological polar surface area (TPSA) is 190 Å². The smallest absolute Gasteiger partial charge is 0.161 e. The lowest BCUT2D eigenvalue weighted by Gasteiger charge is -2.47. The number of hydrogen-bond acceptors (Lipinski definition) is 12. The minimum absolute atomic E-state index is 0.00302. The lowest BCUT2D eigenvalue weighted by molar-refractivity contribution is -0.129. The number of nitrogens with one attached hydrogen (secondary N) is 4.